The topological polar surface area (TPSA) is 100.0 Å². The number of nitrogens with one attached hydrogen (secondary N) is 2. The van der Waals surface area contributed by atoms with E-state index in [1.54, 1.807) is 6.07 Å². The first-order valence-electron chi connectivity index (χ1n) is 4.96. The van der Waals surface area contributed by atoms with Crippen molar-refractivity contribution in [1.82, 2.24) is 10.6 Å². The molecule has 0 heterocycles. The molecule has 0 saturated carbocycles. The number of rotatable bonds is 5. The monoisotopic (exact) mass is 236 g/mol. The molecule has 1 aromatic rings. The zero-order valence-electron chi connectivity index (χ0n) is 9.27. The van der Waals surface area contributed by atoms with Gasteiger partial charge in [0.15, 0.2) is 0 Å². The van der Waals surface area contributed by atoms with Crippen molar-refractivity contribution in [2.75, 3.05) is 13.6 Å². The van der Waals surface area contributed by atoms with Crippen LogP contribution < -0.4 is 10.6 Å². The minimum atomic E-state index is -0.273. The number of urea groups is 1. The van der Waals surface area contributed by atoms with Crippen LogP contribution in [0.25, 0.3) is 0 Å². The van der Waals surface area contributed by atoms with E-state index in [1.807, 2.05) is 0 Å². The Morgan fingerprint density at radius 2 is 1.94 bits per heavy atom. The number of hydrogen-bond acceptors (Lipinski definition) is 5. The normalized spacial score (nSPS) is 9.47. The summed E-state index contributed by atoms with van der Waals surface area (Å²) in [7, 11) is 1.52. The van der Waals surface area contributed by atoms with E-state index in [9.17, 15) is 14.6 Å². The maximum atomic E-state index is 10.9. The van der Waals surface area contributed by atoms with E-state index < -0.39 is 0 Å². The molecule has 7 nitrogen and oxygen atoms in total. The molecule has 0 aromatic heterocycles. The zero-order valence-corrected chi connectivity index (χ0v) is 9.27. The second-order valence-corrected chi connectivity index (χ2v) is 3.26. The van der Waals surface area contributed by atoms with Crippen molar-refractivity contribution in [3.63, 3.8) is 0 Å². The van der Waals surface area contributed by atoms with E-state index in [4.69, 9.17) is 0 Å². The summed E-state index contributed by atoms with van der Waals surface area (Å²) in [6, 6.07) is 4.30. The van der Waals surface area contributed by atoms with E-state index in [-0.39, 0.29) is 17.4 Å². The molecular formula is C10H12N4O3. The minimum Gasteiger partial charge on any atom is -0.341 e. The molecule has 1 rings (SSSR count). The van der Waals surface area contributed by atoms with Crippen molar-refractivity contribution in [1.29, 1.82) is 0 Å². The summed E-state index contributed by atoms with van der Waals surface area (Å²) in [5.74, 6) is 0. The zero-order chi connectivity index (χ0) is 12.7. The summed E-state index contributed by atoms with van der Waals surface area (Å²) in [4.78, 5) is 31.6. The first kappa shape index (κ1) is 12.8. The number of nitrogens with zero attached hydrogens (tertiary/aromatic N) is 2. The quantitative estimate of drug-likeness (QED) is 0.764. The molecule has 0 radical (unpaired) electrons. The van der Waals surface area contributed by atoms with Crippen LogP contribution >= 0.6 is 0 Å². The van der Waals surface area contributed by atoms with Gasteiger partial charge in [-0.05, 0) is 34.5 Å². The Kier molecular flexibility index (Phi) is 4.74. The first-order chi connectivity index (χ1) is 8.21. The van der Waals surface area contributed by atoms with Crippen molar-refractivity contribution in [3.05, 3.63) is 33.6 Å². The molecule has 7 heteroatoms. The van der Waals surface area contributed by atoms with Gasteiger partial charge in [-0.3, -0.25) is 0 Å². The predicted octanol–water partition coefficient (Wildman–Crippen LogP) is 1.95. The number of nitroso groups, excluding NO2 is 2. The van der Waals surface area contributed by atoms with Crippen LogP contribution in [0, 0.1) is 9.81 Å². The van der Waals surface area contributed by atoms with Crippen LogP contribution in [0.4, 0.5) is 16.2 Å². The van der Waals surface area contributed by atoms with Crippen LogP contribution in [0.3, 0.4) is 0 Å². The maximum absolute atomic E-state index is 10.9. The Bertz CT molecular complexity index is 434. The van der Waals surface area contributed by atoms with E-state index in [0.29, 0.717) is 13.0 Å². The number of benzene rings is 1. The van der Waals surface area contributed by atoms with Crippen molar-refractivity contribution >= 4 is 17.4 Å². The Balaban J connectivity index is 2.63. The lowest BCUT2D eigenvalue weighted by Crippen LogP contribution is -2.33. The minimum absolute atomic E-state index is 0.0115. The van der Waals surface area contributed by atoms with Gasteiger partial charge in [0.25, 0.3) is 0 Å². The Morgan fingerprint density at radius 1 is 1.24 bits per heavy atom. The van der Waals surface area contributed by atoms with E-state index in [1.165, 1.54) is 19.2 Å². The molecule has 17 heavy (non-hydrogen) atoms. The summed E-state index contributed by atoms with van der Waals surface area (Å²) in [5, 5.41) is 10.4. The number of carbonyl (C=O) groups is 1. The van der Waals surface area contributed by atoms with Crippen molar-refractivity contribution in [2.45, 2.75) is 6.42 Å². The van der Waals surface area contributed by atoms with E-state index >= 15 is 0 Å². The Hall–Kier alpha value is -2.31. The summed E-state index contributed by atoms with van der Waals surface area (Å²) >= 11 is 0. The van der Waals surface area contributed by atoms with Gasteiger partial charge in [0.1, 0.15) is 11.4 Å². The molecule has 0 atom stereocenters. The van der Waals surface area contributed by atoms with Crippen molar-refractivity contribution in [3.8, 4) is 0 Å². The fourth-order valence-corrected chi connectivity index (χ4v) is 1.28. The molecule has 0 aliphatic carbocycles. The summed E-state index contributed by atoms with van der Waals surface area (Å²) in [6.45, 7) is 0.422. The third-order valence-corrected chi connectivity index (χ3v) is 2.16. The van der Waals surface area contributed by atoms with Gasteiger partial charge in [-0.15, -0.1) is 9.81 Å². The molecule has 0 fully saturated rings. The summed E-state index contributed by atoms with van der Waals surface area (Å²) < 4.78 is 0. The molecule has 0 saturated heterocycles. The highest BCUT2D eigenvalue weighted by atomic mass is 16.3. The third-order valence-electron chi connectivity index (χ3n) is 2.16. The van der Waals surface area contributed by atoms with Crippen LogP contribution in [0.15, 0.2) is 28.6 Å². The van der Waals surface area contributed by atoms with Crippen molar-refractivity contribution < 1.29 is 4.79 Å². The van der Waals surface area contributed by atoms with Gasteiger partial charge >= 0.3 is 6.03 Å². The lowest BCUT2D eigenvalue weighted by molar-refractivity contribution is 0.243. The van der Waals surface area contributed by atoms with Crippen LogP contribution in [0.1, 0.15) is 5.56 Å². The number of carbonyl (C=O) groups excluding carboxylic acids is 1. The average molecular weight is 236 g/mol. The van der Waals surface area contributed by atoms with Gasteiger partial charge in [0, 0.05) is 13.6 Å². The van der Waals surface area contributed by atoms with Crippen LogP contribution in [-0.4, -0.2) is 19.6 Å². The first-order valence-corrected chi connectivity index (χ1v) is 4.96. The lowest BCUT2D eigenvalue weighted by Gasteiger charge is -2.05. The average Bonchev–Trinajstić information content (AvgIpc) is 2.38. The van der Waals surface area contributed by atoms with E-state index in [2.05, 4.69) is 21.0 Å². The van der Waals surface area contributed by atoms with Crippen LogP contribution in [0.2, 0.25) is 0 Å². The standard InChI is InChI=1S/C10H12N4O3/c1-11-10(15)12-5-4-7-2-3-8(13-16)9(6-7)14-17/h2-3,6H,4-5H2,1H3,(H2,11,12,15). The molecule has 0 spiro atoms. The van der Waals surface area contributed by atoms with Gasteiger partial charge in [-0.1, -0.05) is 6.07 Å². The highest BCUT2D eigenvalue weighted by Gasteiger charge is 2.05. The number of amides is 2. The Labute approximate surface area is 97.5 Å². The molecule has 2 N–H and O–H groups in total. The van der Waals surface area contributed by atoms with Crippen molar-refractivity contribution in [2.24, 2.45) is 10.4 Å². The van der Waals surface area contributed by atoms with Gasteiger partial charge in [0.05, 0.1) is 0 Å². The van der Waals surface area contributed by atoms with Gasteiger partial charge < -0.3 is 10.6 Å². The lowest BCUT2D eigenvalue weighted by atomic mass is 10.1. The van der Waals surface area contributed by atoms with Gasteiger partial charge in [-0.2, -0.15) is 0 Å². The highest BCUT2D eigenvalue weighted by Crippen LogP contribution is 2.28. The van der Waals surface area contributed by atoms with Gasteiger partial charge in [0.2, 0.25) is 0 Å². The molecule has 0 aliphatic heterocycles. The maximum Gasteiger partial charge on any atom is 0.314 e. The SMILES string of the molecule is CNC(=O)NCCc1ccc(N=O)c(N=O)c1. The largest absolute Gasteiger partial charge is 0.341 e. The second-order valence-electron chi connectivity index (χ2n) is 3.26. The molecule has 2 amide bonds. The third kappa shape index (κ3) is 3.63. The predicted molar refractivity (Wildman–Crippen MR) is 63.5 cm³/mol. The number of hydrogen-bond donors (Lipinski definition) is 2. The highest BCUT2D eigenvalue weighted by molar-refractivity contribution is 5.73. The van der Waals surface area contributed by atoms with Gasteiger partial charge in [-0.25, -0.2) is 4.79 Å². The molecular weight excluding hydrogens is 224 g/mol. The summed E-state index contributed by atoms with van der Waals surface area (Å²) in [5.41, 5.74) is 0.823. The fourth-order valence-electron chi connectivity index (χ4n) is 1.28. The van der Waals surface area contributed by atoms with Crippen LogP contribution in [0.5, 0.6) is 0 Å². The van der Waals surface area contributed by atoms with E-state index in [0.717, 1.165) is 5.56 Å². The molecule has 1 aromatic carbocycles. The molecule has 0 bridgehead atoms. The Morgan fingerprint density at radius 3 is 2.53 bits per heavy atom. The molecule has 0 unspecified atom stereocenters. The summed E-state index contributed by atoms with van der Waals surface area (Å²) in [6.07, 6.45) is 0.537. The molecule has 90 valence electrons. The van der Waals surface area contributed by atoms with Crippen LogP contribution in [-0.2, 0) is 6.42 Å². The molecule has 0 aliphatic rings. The fraction of sp³-hybridized carbons (Fsp3) is 0.300. The second kappa shape index (κ2) is 6.31. The smallest absolute Gasteiger partial charge is 0.314 e.